The summed E-state index contributed by atoms with van der Waals surface area (Å²) >= 11 is 1.02. The lowest BCUT2D eigenvalue weighted by Crippen LogP contribution is -2.34. The number of alkyl halides is 3. The van der Waals surface area contributed by atoms with Crippen molar-refractivity contribution in [1.82, 2.24) is 14.9 Å². The Morgan fingerprint density at radius 3 is 2.57 bits per heavy atom. The fraction of sp³-hybridized carbons (Fsp3) is 0.526. The predicted octanol–water partition coefficient (Wildman–Crippen LogP) is 5.06. The largest absolute Gasteiger partial charge is 0.417 e. The molecule has 2 aromatic rings. The molecule has 0 aromatic carbocycles. The molecule has 1 amide bonds. The second kappa shape index (κ2) is 7.35. The van der Waals surface area contributed by atoms with Crippen LogP contribution in [0.5, 0.6) is 0 Å². The van der Waals surface area contributed by atoms with Gasteiger partial charge in [-0.15, -0.1) is 11.3 Å². The van der Waals surface area contributed by atoms with Crippen LogP contribution in [0.15, 0.2) is 17.8 Å². The quantitative estimate of drug-likeness (QED) is 0.766. The molecule has 1 aliphatic rings. The molecule has 0 aliphatic carbocycles. The van der Waals surface area contributed by atoms with E-state index in [1.807, 2.05) is 27.7 Å². The van der Waals surface area contributed by atoms with Crippen molar-refractivity contribution < 1.29 is 18.0 Å². The Balaban J connectivity index is 2.05. The molecule has 152 valence electrons. The highest BCUT2D eigenvalue weighted by molar-refractivity contribution is 7.13. The van der Waals surface area contributed by atoms with Crippen LogP contribution in [0.2, 0.25) is 0 Å². The van der Waals surface area contributed by atoms with E-state index in [-0.39, 0.29) is 33.9 Å². The number of rotatable bonds is 3. The lowest BCUT2D eigenvalue weighted by molar-refractivity contribution is -0.137. The molecule has 0 radical (unpaired) electrons. The summed E-state index contributed by atoms with van der Waals surface area (Å²) in [6.45, 7) is 8.05. The van der Waals surface area contributed by atoms with Gasteiger partial charge in [0.05, 0.1) is 16.0 Å². The number of carbonyl (C=O) groups excluding carboxylic acids is 1. The molecular weight excluding hydrogens is 389 g/mol. The van der Waals surface area contributed by atoms with Gasteiger partial charge in [0.2, 0.25) is 0 Å². The van der Waals surface area contributed by atoms with Crippen LogP contribution < -0.4 is 5.32 Å². The maximum absolute atomic E-state index is 13.8. The molecule has 0 spiro atoms. The minimum atomic E-state index is -4.59. The molecular formula is C19H23F3N4OS. The molecule has 3 rings (SSSR count). The zero-order valence-corrected chi connectivity index (χ0v) is 17.0. The zero-order chi connectivity index (χ0) is 20.7. The number of anilines is 1. The van der Waals surface area contributed by atoms with Crippen molar-refractivity contribution in [3.63, 3.8) is 0 Å². The van der Waals surface area contributed by atoms with Gasteiger partial charge in [0.1, 0.15) is 11.5 Å². The van der Waals surface area contributed by atoms with Crippen LogP contribution in [0.1, 0.15) is 56.6 Å². The third-order valence-electron chi connectivity index (χ3n) is 4.54. The second-order valence-corrected chi connectivity index (χ2v) is 8.86. The molecule has 3 heterocycles. The summed E-state index contributed by atoms with van der Waals surface area (Å²) in [5.74, 6) is -0.194. The van der Waals surface area contributed by atoms with Gasteiger partial charge in [0, 0.05) is 29.9 Å². The molecule has 1 aliphatic heterocycles. The van der Waals surface area contributed by atoms with Gasteiger partial charge in [-0.05, 0) is 46.6 Å². The Morgan fingerprint density at radius 2 is 2.00 bits per heavy atom. The Morgan fingerprint density at radius 1 is 1.29 bits per heavy atom. The van der Waals surface area contributed by atoms with Crippen LogP contribution in [0.25, 0.3) is 10.4 Å². The summed E-state index contributed by atoms with van der Waals surface area (Å²) in [4.78, 5) is 23.0. The van der Waals surface area contributed by atoms with E-state index in [0.29, 0.717) is 6.54 Å². The van der Waals surface area contributed by atoms with Crippen molar-refractivity contribution in [2.75, 3.05) is 11.9 Å². The summed E-state index contributed by atoms with van der Waals surface area (Å²) in [5, 5.41) is 2.96. The van der Waals surface area contributed by atoms with Gasteiger partial charge < -0.3 is 10.2 Å². The average Bonchev–Trinajstić information content (AvgIpc) is 3.21. The minimum Gasteiger partial charge on any atom is -0.365 e. The maximum Gasteiger partial charge on any atom is 0.417 e. The standard InChI is InChI=1S/C19H23F3N4OS/c1-11-6-5-7-26(11)17(27)15-16(28-10-24-15)12-9-23-14(25-18(2,3)4)8-13(12)19(20,21)22/h8-11H,5-7H2,1-4H3,(H,23,25)/t11-/m0/s1. The number of hydrogen-bond donors (Lipinski definition) is 1. The van der Waals surface area contributed by atoms with E-state index in [2.05, 4.69) is 15.3 Å². The predicted molar refractivity (Wildman–Crippen MR) is 103 cm³/mol. The molecule has 9 heteroatoms. The van der Waals surface area contributed by atoms with E-state index in [1.165, 1.54) is 11.7 Å². The van der Waals surface area contributed by atoms with E-state index in [1.54, 1.807) is 4.90 Å². The number of pyridine rings is 1. The lowest BCUT2D eigenvalue weighted by Gasteiger charge is -2.23. The van der Waals surface area contributed by atoms with Crippen LogP contribution in [0, 0.1) is 0 Å². The van der Waals surface area contributed by atoms with E-state index in [0.717, 1.165) is 30.2 Å². The van der Waals surface area contributed by atoms with Gasteiger partial charge in [-0.3, -0.25) is 4.79 Å². The lowest BCUT2D eigenvalue weighted by atomic mass is 10.1. The van der Waals surface area contributed by atoms with E-state index >= 15 is 0 Å². The van der Waals surface area contributed by atoms with E-state index in [9.17, 15) is 18.0 Å². The zero-order valence-electron chi connectivity index (χ0n) is 16.2. The van der Waals surface area contributed by atoms with Gasteiger partial charge >= 0.3 is 6.18 Å². The summed E-state index contributed by atoms with van der Waals surface area (Å²) < 4.78 is 41.3. The first-order valence-electron chi connectivity index (χ1n) is 9.07. The normalized spacial score (nSPS) is 17.8. The Kier molecular flexibility index (Phi) is 5.40. The molecule has 0 saturated carbocycles. The maximum atomic E-state index is 13.8. The number of thiazole rings is 1. The van der Waals surface area contributed by atoms with E-state index in [4.69, 9.17) is 0 Å². The van der Waals surface area contributed by atoms with Gasteiger partial charge in [0.15, 0.2) is 0 Å². The highest BCUT2D eigenvalue weighted by Gasteiger charge is 2.37. The van der Waals surface area contributed by atoms with Crippen molar-refractivity contribution >= 4 is 23.1 Å². The average molecular weight is 412 g/mol. The molecule has 0 unspecified atom stereocenters. The van der Waals surface area contributed by atoms with Crippen molar-refractivity contribution in [3.05, 3.63) is 29.0 Å². The number of nitrogens with zero attached hydrogens (tertiary/aromatic N) is 3. The SMILES string of the molecule is C[C@H]1CCCN1C(=O)c1ncsc1-c1cnc(NC(C)(C)C)cc1C(F)(F)F. The molecule has 5 nitrogen and oxygen atoms in total. The minimum absolute atomic E-state index is 0.0561. The van der Waals surface area contributed by atoms with Crippen molar-refractivity contribution in [3.8, 4) is 10.4 Å². The smallest absolute Gasteiger partial charge is 0.365 e. The summed E-state index contributed by atoms with van der Waals surface area (Å²) in [7, 11) is 0. The first-order valence-corrected chi connectivity index (χ1v) is 9.95. The number of carbonyl (C=O) groups is 1. The molecule has 0 bridgehead atoms. The van der Waals surface area contributed by atoms with Crippen LogP contribution >= 0.6 is 11.3 Å². The van der Waals surface area contributed by atoms with Crippen molar-refractivity contribution in [1.29, 1.82) is 0 Å². The highest BCUT2D eigenvalue weighted by atomic mass is 32.1. The third-order valence-corrected chi connectivity index (χ3v) is 5.40. The third kappa shape index (κ3) is 4.29. The van der Waals surface area contributed by atoms with Crippen molar-refractivity contribution in [2.24, 2.45) is 0 Å². The number of nitrogens with one attached hydrogen (secondary N) is 1. The van der Waals surface area contributed by atoms with Gasteiger partial charge in [-0.2, -0.15) is 13.2 Å². The topological polar surface area (TPSA) is 58.1 Å². The second-order valence-electron chi connectivity index (χ2n) is 8.01. The summed E-state index contributed by atoms with van der Waals surface area (Å²) in [6.07, 6.45) is -1.64. The molecule has 1 saturated heterocycles. The number of halogens is 3. The van der Waals surface area contributed by atoms with Gasteiger partial charge in [-0.25, -0.2) is 9.97 Å². The molecule has 1 atom stereocenters. The van der Waals surface area contributed by atoms with Gasteiger partial charge in [-0.1, -0.05) is 0 Å². The number of hydrogen-bond acceptors (Lipinski definition) is 5. The molecule has 28 heavy (non-hydrogen) atoms. The fourth-order valence-electron chi connectivity index (χ4n) is 3.28. The molecule has 1 fully saturated rings. The molecule has 2 aromatic heterocycles. The number of likely N-dealkylation sites (tertiary alicyclic amines) is 1. The van der Waals surface area contributed by atoms with Crippen LogP contribution in [-0.2, 0) is 6.18 Å². The first kappa shape index (κ1) is 20.6. The number of amides is 1. The Labute approximate surface area is 166 Å². The fourth-order valence-corrected chi connectivity index (χ4v) is 4.09. The van der Waals surface area contributed by atoms with Gasteiger partial charge in [0.25, 0.3) is 5.91 Å². The van der Waals surface area contributed by atoms with Crippen molar-refractivity contribution in [2.45, 2.75) is 58.3 Å². The van der Waals surface area contributed by atoms with E-state index < -0.39 is 17.3 Å². The van der Waals surface area contributed by atoms with Crippen LogP contribution in [-0.4, -0.2) is 38.9 Å². The van der Waals surface area contributed by atoms with Crippen LogP contribution in [0.4, 0.5) is 19.0 Å². The monoisotopic (exact) mass is 412 g/mol. The Bertz CT molecular complexity index is 873. The molecule has 1 N–H and O–H groups in total. The highest BCUT2D eigenvalue weighted by Crippen LogP contribution is 2.41. The summed E-state index contributed by atoms with van der Waals surface area (Å²) in [6, 6.07) is 1.05. The van der Waals surface area contributed by atoms with Crippen LogP contribution in [0.3, 0.4) is 0 Å². The summed E-state index contributed by atoms with van der Waals surface area (Å²) in [5.41, 5.74) is 0.0777. The number of aromatic nitrogens is 2. The first-order chi connectivity index (χ1) is 13.0. The Hall–Kier alpha value is -2.16.